The Kier molecular flexibility index (Phi) is 4.68. The largest absolute Gasteiger partial charge is 0.308 e. The van der Waals surface area contributed by atoms with Gasteiger partial charge < -0.3 is 5.32 Å². The molecule has 4 heteroatoms. The van der Waals surface area contributed by atoms with E-state index in [0.29, 0.717) is 0 Å². The third-order valence-corrected chi connectivity index (χ3v) is 4.21. The fourth-order valence-electron chi connectivity index (χ4n) is 2.86. The minimum atomic E-state index is 0.859. The van der Waals surface area contributed by atoms with Crippen LogP contribution in [-0.2, 0) is 19.6 Å². The number of hydrogen-bond donors (Lipinski definition) is 2. The number of aryl methyl sites for hydroxylation is 1. The monoisotopic (exact) mass is 284 g/mol. The van der Waals surface area contributed by atoms with Crippen molar-refractivity contribution in [3.63, 3.8) is 0 Å². The molecule has 4 nitrogen and oxygen atoms in total. The van der Waals surface area contributed by atoms with Crippen molar-refractivity contribution in [2.45, 2.75) is 39.4 Å². The fourth-order valence-corrected chi connectivity index (χ4v) is 2.86. The van der Waals surface area contributed by atoms with Crippen molar-refractivity contribution in [2.24, 2.45) is 0 Å². The van der Waals surface area contributed by atoms with Crippen LogP contribution >= 0.6 is 0 Å². The van der Waals surface area contributed by atoms with Crippen LogP contribution in [0.5, 0.6) is 0 Å². The van der Waals surface area contributed by atoms with Gasteiger partial charge in [0.05, 0.1) is 6.20 Å². The Morgan fingerprint density at radius 3 is 2.48 bits per heavy atom. The Balaban J connectivity index is 1.46. The summed E-state index contributed by atoms with van der Waals surface area (Å²) in [5.74, 6) is 0. The number of benzene rings is 1. The Bertz CT molecular complexity index is 552. The lowest BCUT2D eigenvalue weighted by molar-refractivity contribution is 0.331. The molecule has 0 spiro atoms. The normalized spacial score (nSPS) is 15.7. The van der Waals surface area contributed by atoms with E-state index in [1.54, 1.807) is 0 Å². The number of likely N-dealkylation sites (tertiary alicyclic amines) is 1. The first-order chi connectivity index (χ1) is 10.3. The summed E-state index contributed by atoms with van der Waals surface area (Å²) < 4.78 is 0. The zero-order chi connectivity index (χ0) is 14.5. The van der Waals surface area contributed by atoms with Gasteiger partial charge in [0, 0.05) is 30.9 Å². The molecule has 0 radical (unpaired) electrons. The number of hydrogen-bond acceptors (Lipinski definition) is 3. The number of rotatable bonds is 6. The molecule has 1 aromatic heterocycles. The van der Waals surface area contributed by atoms with Crippen LogP contribution in [0.4, 0.5) is 0 Å². The van der Waals surface area contributed by atoms with Gasteiger partial charge in [-0.1, -0.05) is 24.3 Å². The number of nitrogens with zero attached hydrogens (tertiary/aromatic N) is 2. The highest BCUT2D eigenvalue weighted by Crippen LogP contribution is 2.13. The van der Waals surface area contributed by atoms with Crippen LogP contribution in [0.3, 0.4) is 0 Å². The lowest BCUT2D eigenvalue weighted by Gasteiger charge is -2.14. The predicted octanol–water partition coefficient (Wildman–Crippen LogP) is 2.60. The Morgan fingerprint density at radius 2 is 1.81 bits per heavy atom. The molecule has 0 aliphatic carbocycles. The summed E-state index contributed by atoms with van der Waals surface area (Å²) in [7, 11) is 0. The van der Waals surface area contributed by atoms with Crippen molar-refractivity contribution in [1.29, 1.82) is 0 Å². The Hall–Kier alpha value is -1.65. The minimum absolute atomic E-state index is 0.859. The van der Waals surface area contributed by atoms with E-state index >= 15 is 0 Å². The molecule has 0 atom stereocenters. The van der Waals surface area contributed by atoms with Gasteiger partial charge in [-0.15, -0.1) is 0 Å². The highest BCUT2D eigenvalue weighted by Gasteiger charge is 2.11. The van der Waals surface area contributed by atoms with E-state index in [2.05, 4.69) is 51.6 Å². The summed E-state index contributed by atoms with van der Waals surface area (Å²) in [4.78, 5) is 2.54. The van der Waals surface area contributed by atoms with Crippen molar-refractivity contribution < 1.29 is 0 Å². The SMILES string of the molecule is Cc1[nH]ncc1CNCc1ccc(CN2CCCC2)cc1. The topological polar surface area (TPSA) is 44.0 Å². The molecule has 2 N–H and O–H groups in total. The van der Waals surface area contributed by atoms with Gasteiger partial charge in [-0.3, -0.25) is 10.00 Å². The molecule has 1 aromatic carbocycles. The molecule has 3 rings (SSSR count). The molecule has 1 aliphatic rings. The lowest BCUT2D eigenvalue weighted by atomic mass is 10.1. The van der Waals surface area contributed by atoms with Crippen molar-refractivity contribution in [3.8, 4) is 0 Å². The maximum absolute atomic E-state index is 4.04. The first-order valence-electron chi connectivity index (χ1n) is 7.81. The van der Waals surface area contributed by atoms with Gasteiger partial charge in [0.25, 0.3) is 0 Å². The number of nitrogens with one attached hydrogen (secondary N) is 2. The first-order valence-corrected chi connectivity index (χ1v) is 7.81. The molecule has 1 fully saturated rings. The van der Waals surface area contributed by atoms with E-state index in [0.717, 1.165) is 25.3 Å². The summed E-state index contributed by atoms with van der Waals surface area (Å²) in [5.41, 5.74) is 5.14. The van der Waals surface area contributed by atoms with Crippen LogP contribution in [0, 0.1) is 6.92 Å². The zero-order valence-corrected chi connectivity index (χ0v) is 12.7. The molecule has 112 valence electrons. The summed E-state index contributed by atoms with van der Waals surface area (Å²) in [6.45, 7) is 7.42. The molecule has 1 saturated heterocycles. The van der Waals surface area contributed by atoms with E-state index in [1.165, 1.54) is 42.6 Å². The third kappa shape index (κ3) is 3.93. The quantitative estimate of drug-likeness (QED) is 0.857. The highest BCUT2D eigenvalue weighted by molar-refractivity contribution is 5.23. The molecule has 0 unspecified atom stereocenters. The second-order valence-corrected chi connectivity index (χ2v) is 5.92. The van der Waals surface area contributed by atoms with E-state index < -0.39 is 0 Å². The van der Waals surface area contributed by atoms with Gasteiger partial charge in [-0.05, 0) is 44.0 Å². The van der Waals surface area contributed by atoms with Crippen LogP contribution in [0.1, 0.15) is 35.2 Å². The van der Waals surface area contributed by atoms with E-state index in [9.17, 15) is 0 Å². The molecule has 0 amide bonds. The van der Waals surface area contributed by atoms with Crippen LogP contribution in [-0.4, -0.2) is 28.2 Å². The Morgan fingerprint density at radius 1 is 1.10 bits per heavy atom. The van der Waals surface area contributed by atoms with E-state index in [-0.39, 0.29) is 0 Å². The molecular weight excluding hydrogens is 260 g/mol. The van der Waals surface area contributed by atoms with Gasteiger partial charge >= 0.3 is 0 Å². The zero-order valence-electron chi connectivity index (χ0n) is 12.7. The fraction of sp³-hybridized carbons (Fsp3) is 0.471. The molecule has 2 aromatic rings. The van der Waals surface area contributed by atoms with Crippen molar-refractivity contribution in [2.75, 3.05) is 13.1 Å². The van der Waals surface area contributed by atoms with Crippen LogP contribution < -0.4 is 5.32 Å². The van der Waals surface area contributed by atoms with Crippen molar-refractivity contribution in [1.82, 2.24) is 20.4 Å². The van der Waals surface area contributed by atoms with Crippen molar-refractivity contribution in [3.05, 3.63) is 52.8 Å². The van der Waals surface area contributed by atoms with Crippen molar-refractivity contribution >= 4 is 0 Å². The van der Waals surface area contributed by atoms with Gasteiger partial charge in [0.1, 0.15) is 0 Å². The molecule has 0 bridgehead atoms. The molecule has 1 aliphatic heterocycles. The average Bonchev–Trinajstić information content (AvgIpc) is 3.13. The highest BCUT2D eigenvalue weighted by atomic mass is 15.1. The number of aromatic nitrogens is 2. The summed E-state index contributed by atoms with van der Waals surface area (Å²) >= 11 is 0. The smallest absolute Gasteiger partial charge is 0.0535 e. The molecule has 0 saturated carbocycles. The second-order valence-electron chi connectivity index (χ2n) is 5.92. The maximum Gasteiger partial charge on any atom is 0.0535 e. The minimum Gasteiger partial charge on any atom is -0.308 e. The van der Waals surface area contributed by atoms with Gasteiger partial charge in [0.15, 0.2) is 0 Å². The number of aromatic amines is 1. The van der Waals surface area contributed by atoms with Crippen LogP contribution in [0.25, 0.3) is 0 Å². The van der Waals surface area contributed by atoms with E-state index in [4.69, 9.17) is 0 Å². The van der Waals surface area contributed by atoms with Gasteiger partial charge in [-0.25, -0.2) is 0 Å². The first kappa shape index (κ1) is 14.3. The molecular formula is C17H24N4. The average molecular weight is 284 g/mol. The Labute approximate surface area is 126 Å². The predicted molar refractivity (Wildman–Crippen MR) is 84.8 cm³/mol. The van der Waals surface area contributed by atoms with Gasteiger partial charge in [0.2, 0.25) is 0 Å². The van der Waals surface area contributed by atoms with Gasteiger partial charge in [-0.2, -0.15) is 5.10 Å². The standard InChI is InChI=1S/C17H24N4/c1-14-17(12-19-20-14)11-18-10-15-4-6-16(7-5-15)13-21-8-2-3-9-21/h4-7,12,18H,2-3,8-11,13H2,1H3,(H,19,20). The van der Waals surface area contributed by atoms with E-state index in [1.807, 2.05) is 6.20 Å². The van der Waals surface area contributed by atoms with Crippen LogP contribution in [0.2, 0.25) is 0 Å². The molecule has 2 heterocycles. The number of H-pyrrole nitrogens is 1. The van der Waals surface area contributed by atoms with Crippen LogP contribution in [0.15, 0.2) is 30.5 Å². The third-order valence-electron chi connectivity index (χ3n) is 4.21. The summed E-state index contributed by atoms with van der Waals surface area (Å²) in [6, 6.07) is 9.00. The summed E-state index contributed by atoms with van der Waals surface area (Å²) in [6.07, 6.45) is 4.60. The summed E-state index contributed by atoms with van der Waals surface area (Å²) in [5, 5.41) is 10.5. The maximum atomic E-state index is 4.04. The lowest BCUT2D eigenvalue weighted by Crippen LogP contribution is -2.18. The molecule has 21 heavy (non-hydrogen) atoms. The second kappa shape index (κ2) is 6.87.